The Labute approximate surface area is 130 Å². The monoisotopic (exact) mass is 306 g/mol. The number of nitrogens with one attached hydrogen (secondary N) is 1. The second-order valence-electron chi connectivity index (χ2n) is 5.66. The molecule has 1 saturated heterocycles. The lowest BCUT2D eigenvalue weighted by atomic mass is 10.2. The van der Waals surface area contributed by atoms with Gasteiger partial charge in [0.05, 0.1) is 6.61 Å². The third kappa shape index (κ3) is 3.62. The molecule has 2 aliphatic rings. The molecule has 2 heterocycles. The van der Waals surface area contributed by atoms with Crippen molar-refractivity contribution in [2.75, 3.05) is 33.0 Å². The number of rotatable bonds is 5. The minimum Gasteiger partial charge on any atom is -0.493 e. The van der Waals surface area contributed by atoms with Crippen molar-refractivity contribution >= 4 is 5.91 Å². The third-order valence-electron chi connectivity index (χ3n) is 4.03. The van der Waals surface area contributed by atoms with Crippen LogP contribution < -0.4 is 19.5 Å². The Kier molecular flexibility index (Phi) is 4.68. The second-order valence-corrected chi connectivity index (χ2v) is 5.66. The molecular weight excluding hydrogens is 284 g/mol. The van der Waals surface area contributed by atoms with Crippen LogP contribution in [0.5, 0.6) is 17.2 Å². The maximum Gasteiger partial charge on any atom is 0.231 e. The van der Waals surface area contributed by atoms with Crippen LogP contribution in [0.4, 0.5) is 0 Å². The highest BCUT2D eigenvalue weighted by Gasteiger charge is 2.20. The van der Waals surface area contributed by atoms with Crippen LogP contribution in [0.2, 0.25) is 0 Å². The van der Waals surface area contributed by atoms with Crippen molar-refractivity contribution in [3.05, 3.63) is 18.2 Å². The van der Waals surface area contributed by atoms with E-state index in [1.54, 1.807) is 0 Å². The zero-order valence-electron chi connectivity index (χ0n) is 12.8. The molecule has 6 heteroatoms. The fourth-order valence-electron chi connectivity index (χ4n) is 2.79. The Balaban J connectivity index is 1.42. The molecule has 1 N–H and O–H groups in total. The molecule has 1 unspecified atom stereocenters. The van der Waals surface area contributed by atoms with Gasteiger partial charge in [-0.05, 0) is 25.5 Å². The van der Waals surface area contributed by atoms with Gasteiger partial charge in [-0.1, -0.05) is 0 Å². The zero-order chi connectivity index (χ0) is 15.4. The largest absolute Gasteiger partial charge is 0.493 e. The van der Waals surface area contributed by atoms with Gasteiger partial charge in [0.2, 0.25) is 12.7 Å². The first-order valence-corrected chi connectivity index (χ1v) is 7.75. The van der Waals surface area contributed by atoms with Crippen LogP contribution in [0.3, 0.4) is 0 Å². The number of ether oxygens (including phenoxy) is 3. The molecule has 1 atom stereocenters. The van der Waals surface area contributed by atoms with Gasteiger partial charge in [0.1, 0.15) is 5.75 Å². The van der Waals surface area contributed by atoms with Gasteiger partial charge in [0.15, 0.2) is 11.5 Å². The van der Waals surface area contributed by atoms with Gasteiger partial charge in [0, 0.05) is 38.2 Å². The average Bonchev–Trinajstić information content (AvgIpc) is 2.90. The average molecular weight is 306 g/mol. The van der Waals surface area contributed by atoms with Crippen molar-refractivity contribution in [2.24, 2.45) is 0 Å². The summed E-state index contributed by atoms with van der Waals surface area (Å²) in [5.41, 5.74) is 0. The lowest BCUT2D eigenvalue weighted by Gasteiger charge is -2.25. The maximum atomic E-state index is 11.5. The van der Waals surface area contributed by atoms with Crippen LogP contribution in [0.25, 0.3) is 0 Å². The van der Waals surface area contributed by atoms with Gasteiger partial charge < -0.3 is 19.5 Å². The number of carbonyl (C=O) groups excluding carboxylic acids is 1. The zero-order valence-corrected chi connectivity index (χ0v) is 12.8. The lowest BCUT2D eigenvalue weighted by Crippen LogP contribution is -2.35. The summed E-state index contributed by atoms with van der Waals surface area (Å²) in [6.07, 6.45) is 1.50. The van der Waals surface area contributed by atoms with Crippen molar-refractivity contribution < 1.29 is 19.0 Å². The van der Waals surface area contributed by atoms with E-state index in [4.69, 9.17) is 14.2 Å². The van der Waals surface area contributed by atoms with Crippen LogP contribution in [0.15, 0.2) is 18.2 Å². The van der Waals surface area contributed by atoms with Crippen molar-refractivity contribution in [2.45, 2.75) is 25.8 Å². The molecule has 2 aliphatic heterocycles. The Morgan fingerprint density at radius 2 is 2.23 bits per heavy atom. The molecule has 0 spiro atoms. The lowest BCUT2D eigenvalue weighted by molar-refractivity contribution is -0.121. The Hall–Kier alpha value is -1.95. The van der Waals surface area contributed by atoms with Gasteiger partial charge in [-0.15, -0.1) is 0 Å². The highest BCUT2D eigenvalue weighted by Crippen LogP contribution is 2.35. The molecule has 1 aromatic carbocycles. The summed E-state index contributed by atoms with van der Waals surface area (Å²) in [6, 6.07) is 5.91. The first kappa shape index (κ1) is 15.0. The summed E-state index contributed by atoms with van der Waals surface area (Å²) in [7, 11) is 0. The van der Waals surface area contributed by atoms with E-state index in [1.807, 2.05) is 18.2 Å². The molecule has 0 aliphatic carbocycles. The van der Waals surface area contributed by atoms with Crippen LogP contribution in [0.1, 0.15) is 19.8 Å². The normalized spacial score (nSPS) is 21.3. The van der Waals surface area contributed by atoms with E-state index in [0.717, 1.165) is 43.3 Å². The molecule has 0 radical (unpaired) electrons. The predicted molar refractivity (Wildman–Crippen MR) is 81.3 cm³/mol. The maximum absolute atomic E-state index is 11.5. The highest BCUT2D eigenvalue weighted by molar-refractivity contribution is 5.76. The van der Waals surface area contributed by atoms with Crippen molar-refractivity contribution in [3.63, 3.8) is 0 Å². The summed E-state index contributed by atoms with van der Waals surface area (Å²) in [4.78, 5) is 13.8. The number of hydrogen-bond donors (Lipinski definition) is 1. The van der Waals surface area contributed by atoms with Crippen molar-refractivity contribution in [3.8, 4) is 17.2 Å². The van der Waals surface area contributed by atoms with E-state index >= 15 is 0 Å². The number of hydrogen-bond acceptors (Lipinski definition) is 5. The summed E-state index contributed by atoms with van der Waals surface area (Å²) in [5, 5.41) is 2.91. The van der Waals surface area contributed by atoms with Gasteiger partial charge in [-0.2, -0.15) is 0 Å². The van der Waals surface area contributed by atoms with E-state index < -0.39 is 0 Å². The Bertz CT molecular complexity index is 535. The standard InChI is InChI=1S/C16H22N2O4/c1-12-9-16(19)17-5-7-18(12)6-2-8-20-13-3-4-14-15(10-13)22-11-21-14/h3-4,10,12H,2,5-9,11H2,1H3,(H,17,19). The number of carbonyl (C=O) groups is 1. The summed E-state index contributed by atoms with van der Waals surface area (Å²) in [6.45, 7) is 5.58. The first-order valence-electron chi connectivity index (χ1n) is 7.75. The minimum atomic E-state index is 0.145. The molecule has 0 saturated carbocycles. The minimum absolute atomic E-state index is 0.145. The molecule has 1 amide bonds. The predicted octanol–water partition coefficient (Wildman–Crippen LogP) is 1.39. The second kappa shape index (κ2) is 6.87. The topological polar surface area (TPSA) is 60.0 Å². The Morgan fingerprint density at radius 1 is 1.36 bits per heavy atom. The molecule has 22 heavy (non-hydrogen) atoms. The number of amides is 1. The van der Waals surface area contributed by atoms with E-state index in [2.05, 4.69) is 17.1 Å². The first-order chi connectivity index (χ1) is 10.7. The van der Waals surface area contributed by atoms with Gasteiger partial charge in [0.25, 0.3) is 0 Å². The molecule has 1 fully saturated rings. The molecule has 0 aromatic heterocycles. The molecule has 3 rings (SSSR count). The number of fused-ring (bicyclic) bond motifs is 1. The molecule has 120 valence electrons. The van der Waals surface area contributed by atoms with Crippen LogP contribution in [0, 0.1) is 0 Å². The van der Waals surface area contributed by atoms with Crippen molar-refractivity contribution in [1.29, 1.82) is 0 Å². The van der Waals surface area contributed by atoms with Gasteiger partial charge >= 0.3 is 0 Å². The summed E-state index contributed by atoms with van der Waals surface area (Å²) >= 11 is 0. The number of nitrogens with zero attached hydrogens (tertiary/aromatic N) is 1. The van der Waals surface area contributed by atoms with E-state index in [0.29, 0.717) is 13.0 Å². The quantitative estimate of drug-likeness (QED) is 0.833. The SMILES string of the molecule is CC1CC(=O)NCCN1CCCOc1ccc2c(c1)OCO2. The van der Waals surface area contributed by atoms with Crippen molar-refractivity contribution in [1.82, 2.24) is 10.2 Å². The van der Waals surface area contributed by atoms with Gasteiger partial charge in [-0.3, -0.25) is 9.69 Å². The summed E-state index contributed by atoms with van der Waals surface area (Å²) < 4.78 is 16.4. The van der Waals surface area contributed by atoms with Crippen LogP contribution in [-0.2, 0) is 4.79 Å². The fraction of sp³-hybridized carbons (Fsp3) is 0.562. The molecule has 0 bridgehead atoms. The summed E-state index contributed by atoms with van der Waals surface area (Å²) in [5.74, 6) is 2.45. The number of benzene rings is 1. The van der Waals surface area contributed by atoms with Crippen LogP contribution >= 0.6 is 0 Å². The third-order valence-corrected chi connectivity index (χ3v) is 4.03. The molecule has 1 aromatic rings. The fourth-order valence-corrected chi connectivity index (χ4v) is 2.79. The highest BCUT2D eigenvalue weighted by atomic mass is 16.7. The van der Waals surface area contributed by atoms with E-state index in [9.17, 15) is 4.79 Å². The van der Waals surface area contributed by atoms with Crippen LogP contribution in [-0.4, -0.2) is 49.9 Å². The molecular formula is C16H22N2O4. The smallest absolute Gasteiger partial charge is 0.231 e. The van der Waals surface area contributed by atoms with E-state index in [1.165, 1.54) is 0 Å². The molecule has 6 nitrogen and oxygen atoms in total. The Morgan fingerprint density at radius 3 is 3.14 bits per heavy atom. The van der Waals surface area contributed by atoms with E-state index in [-0.39, 0.29) is 18.7 Å². The van der Waals surface area contributed by atoms with Gasteiger partial charge in [-0.25, -0.2) is 0 Å².